The molecule has 2 rings (SSSR count). The predicted octanol–water partition coefficient (Wildman–Crippen LogP) is 1.51. The highest BCUT2D eigenvalue weighted by atomic mass is 32.2. The Kier molecular flexibility index (Phi) is 4.22. The van der Waals surface area contributed by atoms with Gasteiger partial charge in [0.1, 0.15) is 5.52 Å². The first kappa shape index (κ1) is 14.7. The topological polar surface area (TPSA) is 113 Å². The van der Waals surface area contributed by atoms with Gasteiger partial charge in [0.2, 0.25) is 5.16 Å². The van der Waals surface area contributed by atoms with Gasteiger partial charge in [-0.1, -0.05) is 20.8 Å². The number of aromatic amines is 1. The maximum Gasteiger partial charge on any atom is 0.327 e. The summed E-state index contributed by atoms with van der Waals surface area (Å²) in [5, 5.41) is 0.411. The second-order valence-corrected chi connectivity index (χ2v) is 6.67. The van der Waals surface area contributed by atoms with Crippen molar-refractivity contribution in [1.29, 1.82) is 4.78 Å². The molecule has 0 aliphatic heterocycles. The molecular formula is C12H20N6OS. The molecule has 20 heavy (non-hydrogen) atoms. The third-order valence-electron chi connectivity index (χ3n) is 2.81. The maximum absolute atomic E-state index is 12.0. The zero-order chi connectivity index (χ0) is 14.9. The second-order valence-electron chi connectivity index (χ2n) is 5.12. The van der Waals surface area contributed by atoms with Crippen molar-refractivity contribution in [3.63, 3.8) is 0 Å². The van der Waals surface area contributed by atoms with E-state index in [1.165, 1.54) is 0 Å². The van der Waals surface area contributed by atoms with Gasteiger partial charge in [0.25, 0.3) is 0 Å². The molecule has 0 amide bonds. The molecule has 0 spiro atoms. The largest absolute Gasteiger partial charge is 0.382 e. The summed E-state index contributed by atoms with van der Waals surface area (Å²) in [5.74, 6) is 1.26. The molecule has 8 heteroatoms. The van der Waals surface area contributed by atoms with Crippen LogP contribution in [0.3, 0.4) is 0 Å². The van der Waals surface area contributed by atoms with Gasteiger partial charge in [-0.25, -0.2) is 14.8 Å². The average Bonchev–Trinajstić information content (AvgIpc) is 2.67. The van der Waals surface area contributed by atoms with E-state index in [-0.39, 0.29) is 11.5 Å². The fraction of sp³-hybridized carbons (Fsp3) is 0.583. The molecule has 0 saturated heterocycles. The van der Waals surface area contributed by atoms with E-state index in [9.17, 15) is 4.79 Å². The Morgan fingerprint density at radius 1 is 1.45 bits per heavy atom. The monoisotopic (exact) mass is 296 g/mol. The van der Waals surface area contributed by atoms with Crippen LogP contribution in [0.25, 0.3) is 11.2 Å². The number of nitrogens with two attached hydrogens (primary N) is 1. The van der Waals surface area contributed by atoms with Gasteiger partial charge in [0, 0.05) is 12.3 Å². The van der Waals surface area contributed by atoms with E-state index in [2.05, 4.69) is 15.0 Å². The van der Waals surface area contributed by atoms with Crippen molar-refractivity contribution in [2.45, 2.75) is 38.9 Å². The first-order valence-corrected chi connectivity index (χ1v) is 8.01. The molecule has 0 aliphatic rings. The van der Waals surface area contributed by atoms with Crippen molar-refractivity contribution in [2.75, 3.05) is 11.5 Å². The third kappa shape index (κ3) is 2.74. The van der Waals surface area contributed by atoms with Crippen molar-refractivity contribution in [3.8, 4) is 0 Å². The minimum atomic E-state index is -0.793. The number of aromatic nitrogens is 4. The van der Waals surface area contributed by atoms with Gasteiger partial charge in [-0.15, -0.1) is 0 Å². The second kappa shape index (κ2) is 5.74. The van der Waals surface area contributed by atoms with E-state index in [1.807, 2.05) is 20.8 Å². The van der Waals surface area contributed by atoms with Crippen LogP contribution in [0, 0.1) is 10.7 Å². The number of rotatable bonds is 5. The lowest BCUT2D eigenvalue weighted by molar-refractivity contribution is 0.519. The van der Waals surface area contributed by atoms with Crippen LogP contribution in [0.2, 0.25) is 0 Å². The molecule has 0 aromatic carbocycles. The fourth-order valence-corrected chi connectivity index (χ4v) is 2.97. The van der Waals surface area contributed by atoms with Crippen LogP contribution in [-0.2, 0) is 17.2 Å². The Morgan fingerprint density at radius 2 is 2.15 bits per heavy atom. The van der Waals surface area contributed by atoms with E-state index < -0.39 is 10.7 Å². The number of nitrogens with one attached hydrogen (secondary N) is 2. The molecule has 4 N–H and O–H groups in total. The summed E-state index contributed by atoms with van der Waals surface area (Å²) in [6.07, 6.45) is 0.889. The summed E-state index contributed by atoms with van der Waals surface area (Å²) in [6.45, 7) is 6.64. The van der Waals surface area contributed by atoms with Crippen molar-refractivity contribution >= 4 is 27.7 Å². The Hall–Kier alpha value is -1.70. The SMILES string of the molecule is CCCS(=N)c1nc(N)c2[nH]c(=O)n(CC(C)C)c2n1. The van der Waals surface area contributed by atoms with Crippen LogP contribution in [0.4, 0.5) is 5.82 Å². The molecule has 0 radical (unpaired) electrons. The molecule has 2 aromatic heterocycles. The summed E-state index contributed by atoms with van der Waals surface area (Å²) < 4.78 is 9.63. The number of fused-ring (bicyclic) bond motifs is 1. The van der Waals surface area contributed by atoms with Crippen LogP contribution in [0.1, 0.15) is 27.2 Å². The third-order valence-corrected chi connectivity index (χ3v) is 4.25. The van der Waals surface area contributed by atoms with Gasteiger partial charge >= 0.3 is 5.69 Å². The van der Waals surface area contributed by atoms with Gasteiger partial charge in [-0.3, -0.25) is 9.35 Å². The quantitative estimate of drug-likeness (QED) is 0.725. The number of hydrogen-bond donors (Lipinski definition) is 3. The van der Waals surface area contributed by atoms with Gasteiger partial charge in [-0.2, -0.15) is 0 Å². The van der Waals surface area contributed by atoms with Gasteiger partial charge in [-0.05, 0) is 23.0 Å². The summed E-state index contributed by atoms with van der Waals surface area (Å²) in [4.78, 5) is 23.2. The van der Waals surface area contributed by atoms with Crippen LogP contribution in [0.15, 0.2) is 9.95 Å². The highest BCUT2D eigenvalue weighted by Gasteiger charge is 2.15. The molecule has 2 heterocycles. The number of hydrogen-bond acceptors (Lipinski definition) is 5. The fourth-order valence-electron chi connectivity index (χ4n) is 1.97. The van der Waals surface area contributed by atoms with Crippen LogP contribution >= 0.6 is 0 Å². The number of nitrogen functional groups attached to an aromatic ring is 1. The summed E-state index contributed by atoms with van der Waals surface area (Å²) >= 11 is 0. The Labute approximate surface area is 119 Å². The van der Waals surface area contributed by atoms with Crippen molar-refractivity contribution in [1.82, 2.24) is 19.5 Å². The molecule has 2 aromatic rings. The highest BCUT2D eigenvalue weighted by molar-refractivity contribution is 7.85. The van der Waals surface area contributed by atoms with E-state index >= 15 is 0 Å². The van der Waals surface area contributed by atoms with Gasteiger partial charge in [0.15, 0.2) is 11.5 Å². The molecular weight excluding hydrogens is 276 g/mol. The standard InChI is InChI=1S/C12H20N6OS/c1-4-5-20(14)11-16-9(13)8-10(17-11)18(6-7(2)3)12(19)15-8/h7,14H,4-6H2,1-3H3,(H,15,19)(H2,13,16,17). The zero-order valence-corrected chi connectivity index (χ0v) is 12.8. The first-order chi connectivity index (χ1) is 9.43. The minimum Gasteiger partial charge on any atom is -0.382 e. The molecule has 0 saturated carbocycles. The summed E-state index contributed by atoms with van der Waals surface area (Å²) in [5.41, 5.74) is 6.63. The zero-order valence-electron chi connectivity index (χ0n) is 11.9. The van der Waals surface area contributed by atoms with E-state index in [0.29, 0.717) is 34.5 Å². The predicted molar refractivity (Wildman–Crippen MR) is 80.9 cm³/mol. The van der Waals surface area contributed by atoms with Crippen LogP contribution < -0.4 is 11.4 Å². The smallest absolute Gasteiger partial charge is 0.327 e. The van der Waals surface area contributed by atoms with Crippen molar-refractivity contribution in [3.05, 3.63) is 10.5 Å². The normalized spacial score (nSPS) is 13.2. The van der Waals surface area contributed by atoms with Crippen LogP contribution in [0.5, 0.6) is 0 Å². The Balaban J connectivity index is 2.61. The van der Waals surface area contributed by atoms with Gasteiger partial charge in [0.05, 0.1) is 0 Å². The van der Waals surface area contributed by atoms with Crippen molar-refractivity contribution in [2.24, 2.45) is 5.92 Å². The summed E-state index contributed by atoms with van der Waals surface area (Å²) in [7, 11) is -0.793. The van der Waals surface area contributed by atoms with Crippen molar-refractivity contribution < 1.29 is 0 Å². The Morgan fingerprint density at radius 3 is 2.75 bits per heavy atom. The summed E-state index contributed by atoms with van der Waals surface area (Å²) in [6, 6.07) is 0. The van der Waals surface area contributed by atoms with Gasteiger partial charge < -0.3 is 10.7 Å². The molecule has 0 aliphatic carbocycles. The van der Waals surface area contributed by atoms with E-state index in [4.69, 9.17) is 10.5 Å². The molecule has 7 nitrogen and oxygen atoms in total. The number of nitrogens with zero attached hydrogens (tertiary/aromatic N) is 3. The molecule has 110 valence electrons. The Bertz CT molecular complexity index is 702. The lowest BCUT2D eigenvalue weighted by atomic mass is 10.2. The lowest BCUT2D eigenvalue weighted by Crippen LogP contribution is -2.20. The minimum absolute atomic E-state index is 0.229. The van der Waals surface area contributed by atoms with E-state index in [0.717, 1.165) is 6.42 Å². The number of H-pyrrole nitrogens is 1. The molecule has 1 atom stereocenters. The molecule has 1 unspecified atom stereocenters. The van der Waals surface area contributed by atoms with E-state index in [1.54, 1.807) is 4.57 Å². The molecule has 0 fully saturated rings. The number of imidazole rings is 1. The number of anilines is 1. The first-order valence-electron chi connectivity index (χ1n) is 6.62. The maximum atomic E-state index is 12.0. The average molecular weight is 296 g/mol. The molecule has 0 bridgehead atoms. The lowest BCUT2D eigenvalue weighted by Gasteiger charge is -2.08. The van der Waals surface area contributed by atoms with Crippen LogP contribution in [-0.4, -0.2) is 25.3 Å². The highest BCUT2D eigenvalue weighted by Crippen LogP contribution is 2.17.